The average Bonchev–Trinajstić information content (AvgIpc) is 2.48. The van der Waals surface area contributed by atoms with E-state index in [0.29, 0.717) is 16.9 Å². The second-order valence-electron chi connectivity index (χ2n) is 4.28. The lowest BCUT2D eigenvalue weighted by Gasteiger charge is -2.27. The molecule has 1 heterocycles. The van der Waals surface area contributed by atoms with Crippen LogP contribution in [0.3, 0.4) is 0 Å². The third-order valence-electron chi connectivity index (χ3n) is 2.94. The molecule has 0 saturated heterocycles. The van der Waals surface area contributed by atoms with Gasteiger partial charge in [0.05, 0.1) is 5.03 Å². The van der Waals surface area contributed by atoms with Gasteiger partial charge in [-0.15, -0.1) is 0 Å². The first-order chi connectivity index (χ1) is 10.1. The van der Waals surface area contributed by atoms with Crippen molar-refractivity contribution in [1.82, 2.24) is 4.98 Å². The predicted molar refractivity (Wildman–Crippen MR) is 84.2 cm³/mol. The third kappa shape index (κ3) is 3.51. The van der Waals surface area contributed by atoms with Gasteiger partial charge in [-0.25, -0.2) is 4.98 Å². The Bertz CT molecular complexity index is 633. The van der Waals surface area contributed by atoms with Crippen molar-refractivity contribution in [3.8, 4) is 0 Å². The topological polar surface area (TPSA) is 67.3 Å². The summed E-state index contributed by atoms with van der Waals surface area (Å²) in [6, 6.07) is 12.2. The number of carbonyl (C=O) groups is 2. The number of carbonyl (C=O) groups excluding carboxylic acids is 1. The monoisotopic (exact) mass is 365 g/mol. The van der Waals surface area contributed by atoms with E-state index >= 15 is 0 Å². The number of carboxylic acids is 1. The molecule has 1 aromatic carbocycles. The predicted octanol–water partition coefficient (Wildman–Crippen LogP) is 3.51. The first-order valence-corrected chi connectivity index (χ1v) is 7.72. The fraction of sp³-hybridized carbons (Fsp3) is 0.133. The van der Waals surface area contributed by atoms with Crippen LogP contribution in [0.4, 0.5) is 0 Å². The van der Waals surface area contributed by atoms with Crippen molar-refractivity contribution in [1.29, 1.82) is 0 Å². The highest BCUT2D eigenvalue weighted by atomic mass is 79.9. The normalized spacial score (nSPS) is 13.4. The highest BCUT2D eigenvalue weighted by Crippen LogP contribution is 2.43. The van der Waals surface area contributed by atoms with Gasteiger partial charge in [0, 0.05) is 17.1 Å². The smallest absolute Gasteiger partial charge is 0.325 e. The summed E-state index contributed by atoms with van der Waals surface area (Å²) in [6.07, 6.45) is 2.09. The molecular weight excluding hydrogens is 354 g/mol. The number of halogens is 1. The third-order valence-corrected chi connectivity index (χ3v) is 4.85. The van der Waals surface area contributed by atoms with Crippen LogP contribution in [0.15, 0.2) is 58.2 Å². The van der Waals surface area contributed by atoms with E-state index in [-0.39, 0.29) is 6.42 Å². The Labute approximate surface area is 134 Å². The number of aldehydes is 1. The number of hydrogen-bond donors (Lipinski definition) is 1. The van der Waals surface area contributed by atoms with Crippen LogP contribution >= 0.6 is 27.7 Å². The fourth-order valence-corrected chi connectivity index (χ4v) is 3.27. The highest BCUT2D eigenvalue weighted by Gasteiger charge is 2.42. The van der Waals surface area contributed by atoms with Crippen molar-refractivity contribution in [3.63, 3.8) is 0 Å². The summed E-state index contributed by atoms with van der Waals surface area (Å²) < 4.78 is -0.531. The Balaban J connectivity index is 2.49. The zero-order valence-corrected chi connectivity index (χ0v) is 13.3. The van der Waals surface area contributed by atoms with Crippen molar-refractivity contribution >= 4 is 39.9 Å². The van der Waals surface area contributed by atoms with Crippen LogP contribution in [0.25, 0.3) is 0 Å². The van der Waals surface area contributed by atoms with Crippen LogP contribution in [0.2, 0.25) is 0 Å². The Kier molecular flexibility index (Phi) is 5.14. The van der Waals surface area contributed by atoms with Crippen molar-refractivity contribution in [2.45, 2.75) is 16.2 Å². The molecule has 1 aromatic heterocycles. The second kappa shape index (κ2) is 6.87. The number of nitrogens with zero attached hydrogens (tertiary/aromatic N) is 1. The van der Waals surface area contributed by atoms with Crippen LogP contribution < -0.4 is 0 Å². The Hall–Kier alpha value is -1.66. The first-order valence-electron chi connectivity index (χ1n) is 6.11. The van der Waals surface area contributed by atoms with Gasteiger partial charge in [-0.05, 0) is 29.8 Å². The molecule has 4 nitrogen and oxygen atoms in total. The molecule has 2 rings (SSSR count). The molecule has 1 N–H and O–H groups in total. The van der Waals surface area contributed by atoms with Crippen LogP contribution in [0.5, 0.6) is 0 Å². The van der Waals surface area contributed by atoms with E-state index in [1.54, 1.807) is 48.7 Å². The Morgan fingerprint density at radius 2 is 2.00 bits per heavy atom. The van der Waals surface area contributed by atoms with Crippen LogP contribution in [-0.4, -0.2) is 22.3 Å². The number of benzene rings is 1. The number of pyridine rings is 1. The zero-order chi connectivity index (χ0) is 15.3. The van der Waals surface area contributed by atoms with Gasteiger partial charge in [0.15, 0.2) is 4.75 Å². The zero-order valence-electron chi connectivity index (χ0n) is 10.9. The molecule has 0 spiro atoms. The summed E-state index contributed by atoms with van der Waals surface area (Å²) in [5.74, 6) is -1.06. The van der Waals surface area contributed by atoms with Crippen molar-refractivity contribution < 1.29 is 14.7 Å². The van der Waals surface area contributed by atoms with E-state index in [2.05, 4.69) is 20.9 Å². The van der Waals surface area contributed by atoms with Gasteiger partial charge >= 0.3 is 5.97 Å². The Morgan fingerprint density at radius 1 is 1.29 bits per heavy atom. The summed E-state index contributed by atoms with van der Waals surface area (Å²) >= 11 is 4.39. The molecule has 6 heteroatoms. The summed E-state index contributed by atoms with van der Waals surface area (Å²) in [6.45, 7) is 0. The molecule has 0 aliphatic rings. The summed E-state index contributed by atoms with van der Waals surface area (Å²) in [5, 5.41) is 10.3. The number of hydrogen-bond acceptors (Lipinski definition) is 4. The minimum atomic E-state index is -1.38. The molecule has 0 bridgehead atoms. The number of thioether (sulfide) groups is 1. The minimum absolute atomic E-state index is 0.134. The summed E-state index contributed by atoms with van der Waals surface area (Å²) in [5.41, 5.74) is 0.556. The molecule has 0 fully saturated rings. The maximum absolute atomic E-state index is 11.9. The van der Waals surface area contributed by atoms with E-state index in [9.17, 15) is 14.7 Å². The van der Waals surface area contributed by atoms with Gasteiger partial charge in [0.1, 0.15) is 6.29 Å². The van der Waals surface area contributed by atoms with Gasteiger partial charge < -0.3 is 9.90 Å². The van der Waals surface area contributed by atoms with E-state index in [0.717, 1.165) is 16.2 Å². The van der Waals surface area contributed by atoms with Crippen LogP contribution in [0.1, 0.15) is 12.0 Å². The van der Waals surface area contributed by atoms with Gasteiger partial charge in [0.2, 0.25) is 0 Å². The van der Waals surface area contributed by atoms with E-state index in [4.69, 9.17) is 0 Å². The van der Waals surface area contributed by atoms with Gasteiger partial charge in [-0.3, -0.25) is 4.79 Å². The maximum Gasteiger partial charge on any atom is 0.325 e. The van der Waals surface area contributed by atoms with E-state index in [1.165, 1.54) is 0 Å². The number of aliphatic carboxylic acids is 1. The molecule has 0 amide bonds. The maximum atomic E-state index is 11.9. The molecule has 0 aliphatic carbocycles. The van der Waals surface area contributed by atoms with Crippen LogP contribution in [0, 0.1) is 0 Å². The van der Waals surface area contributed by atoms with Gasteiger partial charge in [-0.2, -0.15) is 0 Å². The van der Waals surface area contributed by atoms with Gasteiger partial charge in [-0.1, -0.05) is 45.9 Å². The second-order valence-corrected chi connectivity index (χ2v) is 6.51. The highest BCUT2D eigenvalue weighted by molar-refractivity contribution is 9.10. The quantitative estimate of drug-likeness (QED) is 0.626. The van der Waals surface area contributed by atoms with Gasteiger partial charge in [0.25, 0.3) is 0 Å². The average molecular weight is 366 g/mol. The minimum Gasteiger partial charge on any atom is -0.480 e. The standard InChI is InChI=1S/C15H12BrNO3S/c16-12-6-4-11(5-7-12)15(8-10-18,14(19)20)21-13-3-1-2-9-17-13/h1-7,9-10H,8H2,(H,19,20). The molecule has 1 unspecified atom stereocenters. The SMILES string of the molecule is O=CCC(Sc1ccccn1)(C(=O)O)c1ccc(Br)cc1. The van der Waals surface area contributed by atoms with Crippen LogP contribution in [-0.2, 0) is 14.3 Å². The molecular formula is C15H12BrNO3S. The molecule has 2 aromatic rings. The number of aromatic nitrogens is 1. The van der Waals surface area contributed by atoms with E-state index < -0.39 is 10.7 Å². The molecule has 0 radical (unpaired) electrons. The lowest BCUT2D eigenvalue weighted by atomic mass is 9.95. The number of rotatable bonds is 6. The lowest BCUT2D eigenvalue weighted by Crippen LogP contribution is -2.33. The van der Waals surface area contributed by atoms with Crippen molar-refractivity contribution in [3.05, 3.63) is 58.7 Å². The number of carboxylic acid groups (broad SMARTS) is 1. The molecule has 0 aliphatic heterocycles. The molecule has 21 heavy (non-hydrogen) atoms. The molecule has 0 saturated carbocycles. The largest absolute Gasteiger partial charge is 0.480 e. The van der Waals surface area contributed by atoms with Crippen molar-refractivity contribution in [2.24, 2.45) is 0 Å². The Morgan fingerprint density at radius 3 is 2.52 bits per heavy atom. The van der Waals surface area contributed by atoms with Crippen molar-refractivity contribution in [2.75, 3.05) is 0 Å². The summed E-state index contributed by atoms with van der Waals surface area (Å²) in [4.78, 5) is 27.1. The first kappa shape index (κ1) is 15.7. The lowest BCUT2D eigenvalue weighted by molar-refractivity contribution is -0.141. The van der Waals surface area contributed by atoms with E-state index in [1.807, 2.05) is 0 Å². The molecule has 1 atom stereocenters. The molecule has 108 valence electrons. The fourth-order valence-electron chi connectivity index (χ4n) is 1.90. The summed E-state index contributed by atoms with van der Waals surface area (Å²) in [7, 11) is 0.